The minimum atomic E-state index is -4.64. The molecule has 0 aliphatic rings. The monoisotopic (exact) mass is 435 g/mol. The Bertz CT molecular complexity index is 1140. The summed E-state index contributed by atoms with van der Waals surface area (Å²) >= 11 is 5.74. The highest BCUT2D eigenvalue weighted by Gasteiger charge is 2.32. The summed E-state index contributed by atoms with van der Waals surface area (Å²) in [5, 5.41) is 15.4. The van der Waals surface area contributed by atoms with Crippen LogP contribution in [0.1, 0.15) is 46.2 Å². The lowest BCUT2D eigenvalue weighted by Gasteiger charge is -2.15. The standard InChI is InChI=1S/C18H13ClF3N7O/c1-9(26-17(30)11-3-12(18(20,21)22)5-13(19)4-11)16-27-10(2)28-29(16)15-8-24-14(6-23)7-25-15/h3-5,7-9H,1-2H3,(H,26,30)/t9-/m0/s1. The number of hydrogen-bond acceptors (Lipinski definition) is 6. The van der Waals surface area contributed by atoms with E-state index in [1.54, 1.807) is 13.8 Å². The summed E-state index contributed by atoms with van der Waals surface area (Å²) in [6, 6.07) is 3.70. The van der Waals surface area contributed by atoms with Gasteiger partial charge >= 0.3 is 6.18 Å². The lowest BCUT2D eigenvalue weighted by atomic mass is 10.1. The second kappa shape index (κ2) is 8.08. The van der Waals surface area contributed by atoms with Crippen LogP contribution in [-0.4, -0.2) is 30.6 Å². The number of aromatic nitrogens is 5. The van der Waals surface area contributed by atoms with E-state index >= 15 is 0 Å². The molecule has 1 amide bonds. The Morgan fingerprint density at radius 1 is 1.27 bits per heavy atom. The first kappa shape index (κ1) is 21.2. The predicted molar refractivity (Wildman–Crippen MR) is 98.7 cm³/mol. The molecule has 0 fully saturated rings. The molecule has 3 aromatic rings. The Balaban J connectivity index is 1.88. The molecule has 2 aromatic heterocycles. The van der Waals surface area contributed by atoms with E-state index < -0.39 is 23.7 Å². The Morgan fingerprint density at radius 2 is 2.00 bits per heavy atom. The number of halogens is 4. The maximum absolute atomic E-state index is 13.0. The van der Waals surface area contributed by atoms with Crippen LogP contribution in [-0.2, 0) is 6.18 Å². The molecule has 2 heterocycles. The maximum atomic E-state index is 13.0. The van der Waals surface area contributed by atoms with E-state index in [4.69, 9.17) is 16.9 Å². The maximum Gasteiger partial charge on any atom is 0.416 e. The molecule has 0 unspecified atom stereocenters. The van der Waals surface area contributed by atoms with Crippen LogP contribution < -0.4 is 5.32 Å². The van der Waals surface area contributed by atoms with Crippen LogP contribution in [0.15, 0.2) is 30.6 Å². The molecule has 1 atom stereocenters. The summed E-state index contributed by atoms with van der Waals surface area (Å²) in [5.41, 5.74) is -1.16. The molecular formula is C18H13ClF3N7O. The number of aryl methyl sites for hydroxylation is 1. The number of carbonyl (C=O) groups is 1. The van der Waals surface area contributed by atoms with E-state index in [0.717, 1.165) is 18.2 Å². The Labute approximate surface area is 173 Å². The summed E-state index contributed by atoms with van der Waals surface area (Å²) in [6.45, 7) is 3.21. The molecule has 0 bridgehead atoms. The van der Waals surface area contributed by atoms with Gasteiger partial charge in [-0.3, -0.25) is 4.79 Å². The number of alkyl halides is 3. The summed E-state index contributed by atoms with van der Waals surface area (Å²) in [5.74, 6) is 0.138. The van der Waals surface area contributed by atoms with Crippen LogP contribution in [0.2, 0.25) is 5.02 Å². The average Bonchev–Trinajstić information content (AvgIpc) is 3.08. The second-order valence-corrected chi connectivity index (χ2v) is 6.66. The highest BCUT2D eigenvalue weighted by atomic mass is 35.5. The van der Waals surface area contributed by atoms with E-state index in [1.807, 2.05) is 6.07 Å². The summed E-state index contributed by atoms with van der Waals surface area (Å²) < 4.78 is 40.3. The molecule has 1 aromatic carbocycles. The molecule has 3 rings (SSSR count). The predicted octanol–water partition coefficient (Wildman–Crippen LogP) is 3.40. The molecule has 30 heavy (non-hydrogen) atoms. The fraction of sp³-hybridized carbons (Fsp3) is 0.222. The van der Waals surface area contributed by atoms with Crippen molar-refractivity contribution in [3.63, 3.8) is 0 Å². The lowest BCUT2D eigenvalue weighted by molar-refractivity contribution is -0.137. The van der Waals surface area contributed by atoms with Crippen molar-refractivity contribution >= 4 is 17.5 Å². The minimum absolute atomic E-state index is 0.111. The number of nitriles is 1. The van der Waals surface area contributed by atoms with Crippen molar-refractivity contribution in [3.05, 3.63) is 64.1 Å². The Morgan fingerprint density at radius 3 is 2.60 bits per heavy atom. The van der Waals surface area contributed by atoms with E-state index in [1.165, 1.54) is 17.1 Å². The molecule has 1 N–H and O–H groups in total. The zero-order valence-electron chi connectivity index (χ0n) is 15.6. The third kappa shape index (κ3) is 4.55. The molecule has 0 spiro atoms. The van der Waals surface area contributed by atoms with Crippen molar-refractivity contribution in [1.82, 2.24) is 30.0 Å². The number of amides is 1. The molecule has 0 aliphatic heterocycles. The number of rotatable bonds is 4. The number of benzene rings is 1. The lowest BCUT2D eigenvalue weighted by Crippen LogP contribution is -2.29. The highest BCUT2D eigenvalue weighted by Crippen LogP contribution is 2.32. The van der Waals surface area contributed by atoms with Gasteiger partial charge in [0.15, 0.2) is 17.3 Å². The van der Waals surface area contributed by atoms with Crippen molar-refractivity contribution in [3.8, 4) is 11.9 Å². The highest BCUT2D eigenvalue weighted by molar-refractivity contribution is 6.31. The second-order valence-electron chi connectivity index (χ2n) is 6.22. The van der Waals surface area contributed by atoms with E-state index in [-0.39, 0.29) is 27.9 Å². The fourth-order valence-corrected chi connectivity index (χ4v) is 2.83. The van der Waals surface area contributed by atoms with Gasteiger partial charge in [0.25, 0.3) is 5.91 Å². The van der Waals surface area contributed by atoms with Crippen LogP contribution >= 0.6 is 11.6 Å². The van der Waals surface area contributed by atoms with Crippen LogP contribution in [0.4, 0.5) is 13.2 Å². The molecule has 0 aliphatic carbocycles. The topological polar surface area (TPSA) is 109 Å². The molecule has 154 valence electrons. The molecule has 0 radical (unpaired) electrons. The molecular weight excluding hydrogens is 423 g/mol. The van der Waals surface area contributed by atoms with Crippen LogP contribution in [0.5, 0.6) is 0 Å². The van der Waals surface area contributed by atoms with Crippen molar-refractivity contribution in [2.24, 2.45) is 0 Å². The largest absolute Gasteiger partial charge is 0.416 e. The fourth-order valence-electron chi connectivity index (χ4n) is 2.60. The molecule has 12 heteroatoms. The van der Waals surface area contributed by atoms with Gasteiger partial charge in [0.2, 0.25) is 0 Å². The average molecular weight is 436 g/mol. The normalized spacial score (nSPS) is 12.3. The van der Waals surface area contributed by atoms with Crippen molar-refractivity contribution in [2.45, 2.75) is 26.1 Å². The van der Waals surface area contributed by atoms with Crippen molar-refractivity contribution < 1.29 is 18.0 Å². The number of nitrogens with one attached hydrogen (secondary N) is 1. The van der Waals surface area contributed by atoms with Crippen LogP contribution in [0.3, 0.4) is 0 Å². The van der Waals surface area contributed by atoms with Gasteiger partial charge in [-0.15, -0.1) is 5.10 Å². The number of carbonyl (C=O) groups excluding carboxylic acids is 1. The van der Waals surface area contributed by atoms with E-state index in [0.29, 0.717) is 5.82 Å². The first-order valence-corrected chi connectivity index (χ1v) is 8.81. The zero-order valence-corrected chi connectivity index (χ0v) is 16.3. The van der Waals surface area contributed by atoms with Gasteiger partial charge in [-0.25, -0.2) is 15.0 Å². The van der Waals surface area contributed by atoms with Gasteiger partial charge in [-0.1, -0.05) is 11.6 Å². The van der Waals surface area contributed by atoms with Gasteiger partial charge in [0.05, 0.1) is 24.0 Å². The van der Waals surface area contributed by atoms with Crippen molar-refractivity contribution in [1.29, 1.82) is 5.26 Å². The zero-order chi connectivity index (χ0) is 22.1. The summed E-state index contributed by atoms with van der Waals surface area (Å²) in [4.78, 5) is 24.8. The molecule has 0 saturated heterocycles. The third-order valence-corrected chi connectivity index (χ3v) is 4.15. The summed E-state index contributed by atoms with van der Waals surface area (Å²) in [7, 11) is 0. The van der Waals surface area contributed by atoms with E-state index in [9.17, 15) is 18.0 Å². The third-order valence-electron chi connectivity index (χ3n) is 3.93. The molecule has 0 saturated carbocycles. The Kier molecular flexibility index (Phi) is 5.71. The first-order valence-electron chi connectivity index (χ1n) is 8.43. The quantitative estimate of drug-likeness (QED) is 0.672. The Hall–Kier alpha value is -3.52. The van der Waals surface area contributed by atoms with Gasteiger partial charge in [-0.2, -0.15) is 23.1 Å². The summed E-state index contributed by atoms with van der Waals surface area (Å²) in [6.07, 6.45) is -2.07. The van der Waals surface area contributed by atoms with Gasteiger partial charge < -0.3 is 5.32 Å². The van der Waals surface area contributed by atoms with Crippen LogP contribution in [0.25, 0.3) is 5.82 Å². The van der Waals surface area contributed by atoms with Crippen molar-refractivity contribution in [2.75, 3.05) is 0 Å². The number of nitrogens with zero attached hydrogens (tertiary/aromatic N) is 6. The van der Waals surface area contributed by atoms with Gasteiger partial charge in [0.1, 0.15) is 11.9 Å². The smallest absolute Gasteiger partial charge is 0.342 e. The SMILES string of the molecule is Cc1nc([C@H](C)NC(=O)c2cc(Cl)cc(C(F)(F)F)c2)n(-c2cnc(C#N)cn2)n1. The van der Waals surface area contributed by atoms with Crippen LogP contribution in [0, 0.1) is 18.3 Å². The first-order chi connectivity index (χ1) is 14.1. The number of hydrogen-bond donors (Lipinski definition) is 1. The van der Waals surface area contributed by atoms with Gasteiger partial charge in [-0.05, 0) is 32.0 Å². The van der Waals surface area contributed by atoms with Gasteiger partial charge in [0, 0.05) is 10.6 Å². The minimum Gasteiger partial charge on any atom is -0.342 e. The molecule has 8 nitrogen and oxygen atoms in total. The van der Waals surface area contributed by atoms with E-state index in [2.05, 4.69) is 25.4 Å².